The van der Waals surface area contributed by atoms with Gasteiger partial charge in [-0.1, -0.05) is 22.5 Å². The van der Waals surface area contributed by atoms with Crippen LogP contribution in [0, 0.1) is 0 Å². The third-order valence-electron chi connectivity index (χ3n) is 4.57. The van der Waals surface area contributed by atoms with Crippen molar-refractivity contribution in [2.45, 2.75) is 32.2 Å². The van der Waals surface area contributed by atoms with E-state index in [0.717, 1.165) is 37.0 Å². The molecule has 0 aromatic carbocycles. The van der Waals surface area contributed by atoms with Crippen molar-refractivity contribution in [1.29, 1.82) is 0 Å². The lowest BCUT2D eigenvalue weighted by Gasteiger charge is -2.38. The maximum absolute atomic E-state index is 12.4. The molecule has 1 unspecified atom stereocenters. The summed E-state index contributed by atoms with van der Waals surface area (Å²) in [5.41, 5.74) is 0. The fraction of sp³-hybridized carbons (Fsp3) is 0.750. The third kappa shape index (κ3) is 5.49. The standard InChI is InChI=1S/C16H27BrN4O2/c1-13(17)11-18-16(23)20-9-7-19(8-10-20)12-15(22)21-6-4-3-5-14(21)2/h14H,1,3-12H2,2H3,(H,18,23). The number of carbonyl (C=O) groups is 2. The maximum atomic E-state index is 12.4. The van der Waals surface area contributed by atoms with E-state index in [1.807, 2.05) is 4.90 Å². The molecule has 7 heteroatoms. The average molecular weight is 387 g/mol. The molecule has 2 aliphatic rings. The predicted molar refractivity (Wildman–Crippen MR) is 94.5 cm³/mol. The molecule has 2 saturated heterocycles. The van der Waals surface area contributed by atoms with E-state index in [9.17, 15) is 9.59 Å². The second-order valence-electron chi connectivity index (χ2n) is 6.37. The monoisotopic (exact) mass is 386 g/mol. The van der Waals surface area contributed by atoms with Gasteiger partial charge in [0.15, 0.2) is 0 Å². The number of likely N-dealkylation sites (tertiary alicyclic amines) is 1. The summed E-state index contributed by atoms with van der Waals surface area (Å²) in [5.74, 6) is 0.227. The number of nitrogens with zero attached hydrogens (tertiary/aromatic N) is 3. The van der Waals surface area contributed by atoms with Crippen LogP contribution in [0.15, 0.2) is 11.1 Å². The summed E-state index contributed by atoms with van der Waals surface area (Å²) < 4.78 is 0.755. The Balaban J connectivity index is 1.72. The van der Waals surface area contributed by atoms with Crippen LogP contribution in [0.5, 0.6) is 0 Å². The number of piperazine rings is 1. The van der Waals surface area contributed by atoms with Crippen LogP contribution in [0.3, 0.4) is 0 Å². The quantitative estimate of drug-likeness (QED) is 0.798. The molecule has 0 bridgehead atoms. The SMILES string of the molecule is C=C(Br)CNC(=O)N1CCN(CC(=O)N2CCCCC2C)CC1. The minimum absolute atomic E-state index is 0.0683. The number of carbonyl (C=O) groups excluding carboxylic acids is 2. The fourth-order valence-corrected chi connectivity index (χ4v) is 3.28. The summed E-state index contributed by atoms with van der Waals surface area (Å²) in [6.07, 6.45) is 3.45. The van der Waals surface area contributed by atoms with Gasteiger partial charge in [-0.25, -0.2) is 4.79 Å². The highest BCUT2D eigenvalue weighted by Crippen LogP contribution is 2.17. The van der Waals surface area contributed by atoms with Crippen LogP contribution in [0.1, 0.15) is 26.2 Å². The van der Waals surface area contributed by atoms with Gasteiger partial charge < -0.3 is 15.1 Å². The lowest BCUT2D eigenvalue weighted by Crippen LogP contribution is -2.54. The molecule has 0 radical (unpaired) electrons. The summed E-state index contributed by atoms with van der Waals surface area (Å²) in [4.78, 5) is 30.4. The van der Waals surface area contributed by atoms with Gasteiger partial charge in [-0.2, -0.15) is 0 Å². The molecular formula is C16H27BrN4O2. The summed E-state index contributed by atoms with van der Waals surface area (Å²) in [6.45, 7) is 10.4. The van der Waals surface area contributed by atoms with Crippen LogP contribution in [0.25, 0.3) is 0 Å². The molecular weight excluding hydrogens is 360 g/mol. The van der Waals surface area contributed by atoms with Crippen LogP contribution >= 0.6 is 15.9 Å². The maximum Gasteiger partial charge on any atom is 0.317 e. The van der Waals surface area contributed by atoms with Crippen molar-refractivity contribution < 1.29 is 9.59 Å². The summed E-state index contributed by atoms with van der Waals surface area (Å²) in [5, 5.41) is 2.81. The molecule has 0 aromatic heterocycles. The van der Waals surface area contributed by atoms with Gasteiger partial charge in [0.25, 0.3) is 0 Å². The number of nitrogens with one attached hydrogen (secondary N) is 1. The molecule has 0 spiro atoms. The van der Waals surface area contributed by atoms with Crippen LogP contribution in [0.2, 0.25) is 0 Å². The zero-order chi connectivity index (χ0) is 16.8. The smallest absolute Gasteiger partial charge is 0.317 e. The van der Waals surface area contributed by atoms with Crippen molar-refractivity contribution in [2.75, 3.05) is 45.8 Å². The van der Waals surface area contributed by atoms with Gasteiger partial charge >= 0.3 is 6.03 Å². The highest BCUT2D eigenvalue weighted by Gasteiger charge is 2.27. The minimum Gasteiger partial charge on any atom is -0.339 e. The van der Waals surface area contributed by atoms with Crippen molar-refractivity contribution in [1.82, 2.24) is 20.0 Å². The Morgan fingerprint density at radius 3 is 2.48 bits per heavy atom. The van der Waals surface area contributed by atoms with Crippen molar-refractivity contribution >= 4 is 27.9 Å². The molecule has 2 fully saturated rings. The van der Waals surface area contributed by atoms with Crippen molar-refractivity contribution in [3.8, 4) is 0 Å². The number of hydrogen-bond donors (Lipinski definition) is 1. The van der Waals surface area contributed by atoms with E-state index in [-0.39, 0.29) is 11.9 Å². The van der Waals surface area contributed by atoms with Crippen LogP contribution < -0.4 is 5.32 Å². The fourth-order valence-electron chi connectivity index (χ4n) is 3.14. The lowest BCUT2D eigenvalue weighted by atomic mass is 10.0. The van der Waals surface area contributed by atoms with Crippen molar-refractivity contribution in [3.05, 3.63) is 11.1 Å². The zero-order valence-electron chi connectivity index (χ0n) is 13.9. The zero-order valence-corrected chi connectivity index (χ0v) is 15.5. The van der Waals surface area contributed by atoms with E-state index in [4.69, 9.17) is 0 Å². The summed E-state index contributed by atoms with van der Waals surface area (Å²) in [6, 6.07) is 0.293. The molecule has 0 aromatic rings. The normalized spacial score (nSPS) is 22.8. The van der Waals surface area contributed by atoms with Gasteiger partial charge in [0.1, 0.15) is 0 Å². The van der Waals surface area contributed by atoms with Gasteiger partial charge in [0, 0.05) is 43.2 Å². The molecule has 0 saturated carbocycles. The molecule has 1 N–H and O–H groups in total. The number of urea groups is 1. The Hall–Kier alpha value is -1.08. The van der Waals surface area contributed by atoms with Crippen LogP contribution in [-0.4, -0.2) is 78.5 Å². The topological polar surface area (TPSA) is 55.9 Å². The number of halogens is 1. The second kappa shape index (κ2) is 8.68. The first kappa shape index (κ1) is 18.3. The largest absolute Gasteiger partial charge is 0.339 e. The van der Waals surface area contributed by atoms with E-state index < -0.39 is 0 Å². The minimum atomic E-state index is -0.0683. The van der Waals surface area contributed by atoms with E-state index in [0.29, 0.717) is 32.2 Å². The highest BCUT2D eigenvalue weighted by molar-refractivity contribution is 9.11. The Morgan fingerprint density at radius 2 is 1.87 bits per heavy atom. The number of piperidine rings is 1. The second-order valence-corrected chi connectivity index (χ2v) is 7.49. The first-order valence-corrected chi connectivity index (χ1v) is 9.14. The van der Waals surface area contributed by atoms with Crippen molar-refractivity contribution in [3.63, 3.8) is 0 Å². The van der Waals surface area contributed by atoms with Crippen molar-refractivity contribution in [2.24, 2.45) is 0 Å². The van der Waals surface area contributed by atoms with Gasteiger partial charge in [-0.05, 0) is 26.2 Å². The Kier molecular flexibility index (Phi) is 6.89. The van der Waals surface area contributed by atoms with Gasteiger partial charge in [0.05, 0.1) is 13.1 Å². The van der Waals surface area contributed by atoms with E-state index >= 15 is 0 Å². The van der Waals surface area contributed by atoms with Gasteiger partial charge in [0.2, 0.25) is 5.91 Å². The molecule has 1 atom stereocenters. The molecule has 0 aliphatic carbocycles. The molecule has 23 heavy (non-hydrogen) atoms. The van der Waals surface area contributed by atoms with E-state index in [1.54, 1.807) is 4.90 Å². The van der Waals surface area contributed by atoms with Crippen LogP contribution in [-0.2, 0) is 4.79 Å². The average Bonchev–Trinajstić information content (AvgIpc) is 2.53. The van der Waals surface area contributed by atoms with Gasteiger partial charge in [-0.3, -0.25) is 9.69 Å². The highest BCUT2D eigenvalue weighted by atomic mass is 79.9. The molecule has 2 rings (SSSR count). The first-order valence-electron chi connectivity index (χ1n) is 8.35. The Bertz CT molecular complexity index is 449. The molecule has 6 nitrogen and oxygen atoms in total. The van der Waals surface area contributed by atoms with Crippen LogP contribution in [0.4, 0.5) is 4.79 Å². The van der Waals surface area contributed by atoms with Gasteiger partial charge in [-0.15, -0.1) is 0 Å². The number of amides is 3. The molecule has 2 heterocycles. The lowest BCUT2D eigenvalue weighted by molar-refractivity contribution is -0.136. The number of hydrogen-bond acceptors (Lipinski definition) is 3. The van der Waals surface area contributed by atoms with E-state index in [2.05, 4.69) is 39.6 Å². The molecule has 130 valence electrons. The number of rotatable bonds is 4. The Morgan fingerprint density at radius 1 is 1.17 bits per heavy atom. The van der Waals surface area contributed by atoms with E-state index in [1.165, 1.54) is 6.42 Å². The third-order valence-corrected chi connectivity index (χ3v) is 4.85. The summed E-state index contributed by atoms with van der Waals surface area (Å²) in [7, 11) is 0. The predicted octanol–water partition coefficient (Wildman–Crippen LogP) is 1.62. The first-order chi connectivity index (χ1) is 11.0. The Labute approximate surface area is 147 Å². The molecule has 3 amide bonds. The molecule has 2 aliphatic heterocycles. The summed E-state index contributed by atoms with van der Waals surface area (Å²) >= 11 is 3.23.